The third-order valence-electron chi connectivity index (χ3n) is 7.21. The molecule has 2 aromatic carbocycles. The first-order valence-electron chi connectivity index (χ1n) is 14.7. The van der Waals surface area contributed by atoms with Gasteiger partial charge in [-0.2, -0.15) is 0 Å². The van der Waals surface area contributed by atoms with Crippen molar-refractivity contribution < 1.29 is 8.85 Å². The van der Waals surface area contributed by atoms with E-state index in [0.29, 0.717) is 0 Å². The maximum Gasteiger partial charge on any atom is 0.398 e. The van der Waals surface area contributed by atoms with Gasteiger partial charge in [0.2, 0.25) is 0 Å². The van der Waals surface area contributed by atoms with Crippen LogP contribution < -0.4 is 4.43 Å². The standard InChI is InChI=1S/C32H52O2Si/c1-4-7-8-9-10-11-12-13-14-15-16-17-18-22-29-33-35(5-2,6-3)34-32-27-25-31(26-28-32)30-23-20-19-21-24-30/h19-21,23-28H,4-18,22,29H2,1-3H3. The zero-order valence-corrected chi connectivity index (χ0v) is 24.0. The van der Waals surface area contributed by atoms with Gasteiger partial charge in [0.1, 0.15) is 5.75 Å². The van der Waals surface area contributed by atoms with E-state index in [-0.39, 0.29) is 0 Å². The van der Waals surface area contributed by atoms with Crippen LogP contribution in [0, 0.1) is 0 Å². The lowest BCUT2D eigenvalue weighted by Gasteiger charge is -2.29. The molecular formula is C32H52O2Si. The molecule has 0 aromatic heterocycles. The third kappa shape index (κ3) is 12.3. The molecule has 2 nitrogen and oxygen atoms in total. The highest BCUT2D eigenvalue weighted by Gasteiger charge is 2.35. The van der Waals surface area contributed by atoms with Crippen molar-refractivity contribution in [3.63, 3.8) is 0 Å². The molecule has 0 heterocycles. The Bertz CT molecular complexity index is 740. The second-order valence-corrected chi connectivity index (χ2v) is 13.8. The van der Waals surface area contributed by atoms with E-state index in [2.05, 4.69) is 75.4 Å². The van der Waals surface area contributed by atoms with E-state index >= 15 is 0 Å². The summed E-state index contributed by atoms with van der Waals surface area (Å²) < 4.78 is 13.0. The highest BCUT2D eigenvalue weighted by molar-refractivity contribution is 6.68. The maximum atomic E-state index is 6.53. The van der Waals surface area contributed by atoms with Crippen LogP contribution in [0.3, 0.4) is 0 Å². The van der Waals surface area contributed by atoms with Crippen molar-refractivity contribution in [3.8, 4) is 16.9 Å². The van der Waals surface area contributed by atoms with E-state index in [0.717, 1.165) is 30.9 Å². The second-order valence-electron chi connectivity index (χ2n) is 10.1. The molecule has 0 saturated heterocycles. The van der Waals surface area contributed by atoms with E-state index < -0.39 is 8.56 Å². The minimum absolute atomic E-state index is 0.841. The summed E-state index contributed by atoms with van der Waals surface area (Å²) in [7, 11) is -2.19. The van der Waals surface area contributed by atoms with Crippen LogP contribution in [-0.4, -0.2) is 15.2 Å². The van der Waals surface area contributed by atoms with Crippen LogP contribution in [0.25, 0.3) is 11.1 Å². The summed E-state index contributed by atoms with van der Waals surface area (Å²) in [5.74, 6) is 0.945. The van der Waals surface area contributed by atoms with E-state index in [9.17, 15) is 0 Å². The zero-order chi connectivity index (χ0) is 25.0. The van der Waals surface area contributed by atoms with Crippen LogP contribution in [0.1, 0.15) is 111 Å². The third-order valence-corrected chi connectivity index (χ3v) is 10.7. The first kappa shape index (κ1) is 29.6. The number of hydrogen-bond donors (Lipinski definition) is 0. The quantitative estimate of drug-likeness (QED) is 0.126. The van der Waals surface area contributed by atoms with Crippen molar-refractivity contribution >= 4 is 8.56 Å². The SMILES string of the molecule is CCCCCCCCCCCCCCCCO[Si](CC)(CC)Oc1ccc(-c2ccccc2)cc1. The first-order chi connectivity index (χ1) is 17.2. The fourth-order valence-electron chi connectivity index (χ4n) is 4.74. The summed E-state index contributed by atoms with van der Waals surface area (Å²) in [6, 6.07) is 21.0. The van der Waals surface area contributed by atoms with E-state index in [1.54, 1.807) is 0 Å². The molecular weight excluding hydrogens is 444 g/mol. The molecule has 0 bridgehead atoms. The van der Waals surface area contributed by atoms with Gasteiger partial charge in [-0.15, -0.1) is 0 Å². The second kappa shape index (κ2) is 18.7. The highest BCUT2D eigenvalue weighted by atomic mass is 28.4. The minimum atomic E-state index is -2.19. The molecule has 0 aliphatic heterocycles. The predicted molar refractivity (Wildman–Crippen MR) is 155 cm³/mol. The molecule has 3 heteroatoms. The Morgan fingerprint density at radius 3 is 1.46 bits per heavy atom. The van der Waals surface area contributed by atoms with Gasteiger partial charge in [-0.05, 0) is 41.8 Å². The van der Waals surface area contributed by atoms with Crippen molar-refractivity contribution in [1.29, 1.82) is 0 Å². The lowest BCUT2D eigenvalue weighted by atomic mass is 10.0. The molecule has 0 radical (unpaired) electrons. The lowest BCUT2D eigenvalue weighted by Crippen LogP contribution is -2.44. The molecule has 0 aliphatic carbocycles. The Hall–Kier alpha value is -1.58. The molecule has 0 saturated carbocycles. The van der Waals surface area contributed by atoms with Crippen LogP contribution in [0.2, 0.25) is 12.1 Å². The average molecular weight is 497 g/mol. The topological polar surface area (TPSA) is 18.5 Å². The summed E-state index contributed by atoms with van der Waals surface area (Å²) in [5.41, 5.74) is 2.46. The molecule has 2 rings (SSSR count). The fourth-order valence-corrected chi connectivity index (χ4v) is 7.08. The van der Waals surface area contributed by atoms with Gasteiger partial charge in [0.05, 0.1) is 0 Å². The first-order valence-corrected chi connectivity index (χ1v) is 16.9. The van der Waals surface area contributed by atoms with Crippen LogP contribution >= 0.6 is 0 Å². The molecule has 2 aromatic rings. The molecule has 196 valence electrons. The molecule has 0 atom stereocenters. The largest absolute Gasteiger partial charge is 0.520 e. The lowest BCUT2D eigenvalue weighted by molar-refractivity contribution is 0.230. The van der Waals surface area contributed by atoms with E-state index in [4.69, 9.17) is 8.85 Å². The summed E-state index contributed by atoms with van der Waals surface area (Å²) in [6.45, 7) is 7.58. The number of hydrogen-bond acceptors (Lipinski definition) is 2. The van der Waals surface area contributed by atoms with Gasteiger partial charge in [-0.1, -0.05) is 147 Å². The highest BCUT2D eigenvalue weighted by Crippen LogP contribution is 2.27. The monoisotopic (exact) mass is 496 g/mol. The molecule has 0 unspecified atom stereocenters. The Labute approximate surface area is 218 Å². The van der Waals surface area contributed by atoms with E-state index in [1.165, 1.54) is 94.6 Å². The van der Waals surface area contributed by atoms with Gasteiger partial charge in [0.15, 0.2) is 0 Å². The van der Waals surface area contributed by atoms with Gasteiger partial charge in [-0.3, -0.25) is 0 Å². The van der Waals surface area contributed by atoms with Gasteiger partial charge >= 0.3 is 8.56 Å². The van der Waals surface area contributed by atoms with Crippen molar-refractivity contribution in [3.05, 3.63) is 54.6 Å². The molecule has 0 amide bonds. The number of rotatable bonds is 21. The van der Waals surface area contributed by atoms with Crippen molar-refractivity contribution in [2.24, 2.45) is 0 Å². The summed E-state index contributed by atoms with van der Waals surface area (Å²) in [6.07, 6.45) is 19.4. The zero-order valence-electron chi connectivity index (χ0n) is 23.0. The molecule has 0 fully saturated rings. The van der Waals surface area contributed by atoms with Crippen LogP contribution in [0.5, 0.6) is 5.75 Å². The van der Waals surface area contributed by atoms with Crippen LogP contribution in [0.15, 0.2) is 54.6 Å². The molecule has 35 heavy (non-hydrogen) atoms. The predicted octanol–water partition coefficient (Wildman–Crippen LogP) is 10.7. The van der Waals surface area contributed by atoms with Crippen LogP contribution in [0.4, 0.5) is 0 Å². The van der Waals surface area contributed by atoms with E-state index in [1.807, 2.05) is 0 Å². The summed E-state index contributed by atoms with van der Waals surface area (Å²) in [5, 5.41) is 0. The maximum absolute atomic E-state index is 6.53. The molecule has 0 aliphatic rings. The van der Waals surface area contributed by atoms with Gasteiger partial charge < -0.3 is 8.85 Å². The van der Waals surface area contributed by atoms with Gasteiger partial charge in [0, 0.05) is 6.61 Å². The molecule has 0 spiro atoms. The fraction of sp³-hybridized carbons (Fsp3) is 0.625. The van der Waals surface area contributed by atoms with Gasteiger partial charge in [0.25, 0.3) is 0 Å². The average Bonchev–Trinajstić information content (AvgIpc) is 2.91. The Morgan fingerprint density at radius 1 is 0.514 bits per heavy atom. The van der Waals surface area contributed by atoms with Crippen molar-refractivity contribution in [2.45, 2.75) is 123 Å². The Balaban J connectivity index is 1.57. The van der Waals surface area contributed by atoms with Crippen molar-refractivity contribution in [2.75, 3.05) is 6.61 Å². The minimum Gasteiger partial charge on any atom is -0.520 e. The Kier molecular flexibility index (Phi) is 15.8. The smallest absolute Gasteiger partial charge is 0.398 e. The number of unbranched alkanes of at least 4 members (excludes halogenated alkanes) is 13. The van der Waals surface area contributed by atoms with Gasteiger partial charge in [-0.25, -0.2) is 0 Å². The summed E-state index contributed by atoms with van der Waals surface area (Å²) >= 11 is 0. The molecule has 0 N–H and O–H groups in total. The Morgan fingerprint density at radius 2 is 0.971 bits per heavy atom. The van der Waals surface area contributed by atoms with Crippen LogP contribution in [-0.2, 0) is 4.43 Å². The van der Waals surface area contributed by atoms with Crippen molar-refractivity contribution in [1.82, 2.24) is 0 Å². The normalized spacial score (nSPS) is 11.6. The number of benzene rings is 2. The summed E-state index contributed by atoms with van der Waals surface area (Å²) in [4.78, 5) is 0.